The van der Waals surface area contributed by atoms with Crippen molar-refractivity contribution in [3.05, 3.63) is 0 Å². The minimum atomic E-state index is -5.10. The first-order chi connectivity index (χ1) is 9.28. The fourth-order valence-electron chi connectivity index (χ4n) is 0.936. The zero-order valence-electron chi connectivity index (χ0n) is 11.9. The van der Waals surface area contributed by atoms with Crippen LogP contribution >= 0.6 is 0 Å². The second kappa shape index (κ2) is 8.70. The molecule has 0 amide bonds. The van der Waals surface area contributed by atoms with Gasteiger partial charge in [-0.2, -0.15) is 0 Å². The zero-order valence-corrected chi connectivity index (χ0v) is 13.4. The minimum absolute atomic E-state index is 0.0540. The van der Waals surface area contributed by atoms with Crippen molar-refractivity contribution in [2.45, 2.75) is 47.0 Å². The molecule has 9 heteroatoms. The Labute approximate surface area is 122 Å². The van der Waals surface area contributed by atoms with Gasteiger partial charge in [0.25, 0.3) is 0 Å². The third-order valence-electron chi connectivity index (χ3n) is 1.85. The second-order valence-corrected chi connectivity index (χ2v) is 6.41. The number of hydrogen-bond acceptors (Lipinski definition) is 8. The standard InChI is InChI=1S/3C3H6O2.C2H4O2.Ti/c3*1-2-3(4)5;1-2(3)4;/h3*2H2,1H3,(H,4,5);1H3,(H,3,4);/q;;;;+4/p-4. The van der Waals surface area contributed by atoms with Gasteiger partial charge in [-0.15, -0.1) is 0 Å². The van der Waals surface area contributed by atoms with E-state index in [1.54, 1.807) is 0 Å². The Kier molecular flexibility index (Phi) is 8.09. The van der Waals surface area contributed by atoms with Crippen molar-refractivity contribution in [1.82, 2.24) is 0 Å². The first-order valence-electron chi connectivity index (χ1n) is 6.13. The first-order valence-corrected chi connectivity index (χ1v) is 8.68. The van der Waals surface area contributed by atoms with Gasteiger partial charge in [0, 0.05) is 0 Å². The van der Waals surface area contributed by atoms with Crippen molar-refractivity contribution in [3.8, 4) is 0 Å². The monoisotopic (exact) mass is 326 g/mol. The van der Waals surface area contributed by atoms with Crippen LogP contribution in [0.5, 0.6) is 0 Å². The molecular weight excluding hydrogens is 308 g/mol. The van der Waals surface area contributed by atoms with E-state index in [1.807, 2.05) is 0 Å². The maximum atomic E-state index is 11.4. The molecule has 8 nitrogen and oxygen atoms in total. The Morgan fingerprint density at radius 1 is 0.700 bits per heavy atom. The summed E-state index contributed by atoms with van der Waals surface area (Å²) in [5.74, 6) is -3.25. The van der Waals surface area contributed by atoms with Gasteiger partial charge in [0.15, 0.2) is 0 Å². The number of rotatable bonds is 7. The zero-order chi connectivity index (χ0) is 15.8. The fraction of sp³-hybridized carbons (Fsp3) is 0.636. The molecule has 0 aromatic heterocycles. The third-order valence-corrected chi connectivity index (χ3v) is 4.93. The van der Waals surface area contributed by atoms with E-state index < -0.39 is 42.0 Å². The summed E-state index contributed by atoms with van der Waals surface area (Å²) in [6, 6.07) is 0. The molecule has 0 aliphatic rings. The summed E-state index contributed by atoms with van der Waals surface area (Å²) in [6.07, 6.45) is -0.162. The third kappa shape index (κ3) is 6.67. The molecule has 0 rings (SSSR count). The predicted molar refractivity (Wildman–Crippen MR) is 60.9 cm³/mol. The van der Waals surface area contributed by atoms with Gasteiger partial charge in [-0.1, -0.05) is 0 Å². The number of carbonyl (C=O) groups excluding carboxylic acids is 4. The first kappa shape index (κ1) is 18.6. The molecule has 0 N–H and O–H groups in total. The maximum absolute atomic E-state index is 11.4. The van der Waals surface area contributed by atoms with Crippen LogP contribution in [-0.4, -0.2) is 23.9 Å². The van der Waals surface area contributed by atoms with E-state index in [0.717, 1.165) is 6.92 Å². The van der Waals surface area contributed by atoms with E-state index in [4.69, 9.17) is 13.3 Å². The SMILES string of the molecule is CCC(=O)[O][Ti]([O]C(C)=O)([O]C(=O)CC)[O]C(=O)CC. The molecule has 0 aromatic carbocycles. The molecule has 0 unspecified atom stereocenters. The van der Waals surface area contributed by atoms with E-state index in [9.17, 15) is 19.2 Å². The van der Waals surface area contributed by atoms with Gasteiger partial charge in [-0.25, -0.2) is 0 Å². The van der Waals surface area contributed by atoms with Crippen LogP contribution in [0.15, 0.2) is 0 Å². The van der Waals surface area contributed by atoms with Crippen LogP contribution in [0.2, 0.25) is 0 Å². The van der Waals surface area contributed by atoms with Crippen LogP contribution < -0.4 is 0 Å². The molecule has 0 radical (unpaired) electrons. The van der Waals surface area contributed by atoms with Crippen molar-refractivity contribution in [1.29, 1.82) is 0 Å². The summed E-state index contributed by atoms with van der Waals surface area (Å²) in [7, 11) is 0. The predicted octanol–water partition coefficient (Wildman–Crippen LogP) is 1.22. The van der Waals surface area contributed by atoms with E-state index in [2.05, 4.69) is 0 Å². The van der Waals surface area contributed by atoms with Crippen molar-refractivity contribution >= 4 is 23.9 Å². The Morgan fingerprint density at radius 2 is 1.00 bits per heavy atom. The van der Waals surface area contributed by atoms with Crippen LogP contribution in [0.25, 0.3) is 0 Å². The second-order valence-electron chi connectivity index (χ2n) is 3.58. The number of carbonyl (C=O) groups is 4. The van der Waals surface area contributed by atoms with Gasteiger partial charge in [0.2, 0.25) is 0 Å². The Hall–Kier alpha value is -1.41. The summed E-state index contributed by atoms with van der Waals surface area (Å²) in [5.41, 5.74) is 0. The van der Waals surface area contributed by atoms with E-state index >= 15 is 0 Å². The van der Waals surface area contributed by atoms with Crippen molar-refractivity contribution < 1.29 is 50.6 Å². The van der Waals surface area contributed by atoms with Crippen LogP contribution in [0, 0.1) is 0 Å². The summed E-state index contributed by atoms with van der Waals surface area (Å²) >= 11 is -5.10. The molecule has 0 saturated heterocycles. The van der Waals surface area contributed by atoms with E-state index in [0.29, 0.717) is 0 Å². The van der Waals surface area contributed by atoms with Gasteiger partial charge in [0.1, 0.15) is 0 Å². The van der Waals surface area contributed by atoms with E-state index in [1.165, 1.54) is 20.8 Å². The molecule has 0 fully saturated rings. The quantitative estimate of drug-likeness (QED) is 0.643. The molecule has 0 aliphatic heterocycles. The van der Waals surface area contributed by atoms with Crippen LogP contribution in [0.4, 0.5) is 0 Å². The van der Waals surface area contributed by atoms with Gasteiger partial charge in [-0.05, 0) is 0 Å². The van der Waals surface area contributed by atoms with Gasteiger partial charge >= 0.3 is 121 Å². The molecule has 0 bridgehead atoms. The normalized spacial score (nSPS) is 10.4. The summed E-state index contributed by atoms with van der Waals surface area (Å²) in [6.45, 7) is 5.50. The fourth-order valence-corrected chi connectivity index (χ4v) is 3.86. The summed E-state index contributed by atoms with van der Waals surface area (Å²) in [5, 5.41) is 0. The molecule has 0 spiro atoms. The molecule has 114 valence electrons. The Morgan fingerprint density at radius 3 is 1.20 bits per heavy atom. The van der Waals surface area contributed by atoms with Crippen molar-refractivity contribution in [2.24, 2.45) is 0 Å². The van der Waals surface area contributed by atoms with Crippen LogP contribution in [0.3, 0.4) is 0 Å². The van der Waals surface area contributed by atoms with Crippen molar-refractivity contribution in [2.75, 3.05) is 0 Å². The Bertz CT molecular complexity index is 346. The molecule has 0 heterocycles. The van der Waals surface area contributed by atoms with Crippen molar-refractivity contribution in [3.63, 3.8) is 0 Å². The molecule has 0 saturated carbocycles. The van der Waals surface area contributed by atoms with Gasteiger partial charge in [0.05, 0.1) is 0 Å². The number of hydrogen-bond donors (Lipinski definition) is 0. The van der Waals surface area contributed by atoms with Gasteiger partial charge < -0.3 is 0 Å². The van der Waals surface area contributed by atoms with Crippen LogP contribution in [0.1, 0.15) is 47.0 Å². The Balaban J connectivity index is 5.35. The molecule has 20 heavy (non-hydrogen) atoms. The molecule has 0 atom stereocenters. The average Bonchev–Trinajstić information content (AvgIpc) is 2.36. The van der Waals surface area contributed by atoms with E-state index in [-0.39, 0.29) is 19.3 Å². The molecule has 0 aliphatic carbocycles. The summed E-state index contributed by atoms with van der Waals surface area (Å²) < 4.78 is 19.4. The average molecular weight is 326 g/mol. The summed E-state index contributed by atoms with van der Waals surface area (Å²) in [4.78, 5) is 45.3. The van der Waals surface area contributed by atoms with Crippen LogP contribution in [-0.2, 0) is 50.6 Å². The topological polar surface area (TPSA) is 105 Å². The van der Waals surface area contributed by atoms with Gasteiger partial charge in [-0.3, -0.25) is 0 Å². The molecule has 0 aromatic rings. The molecular formula is C11H18O8Ti.